The maximum atomic E-state index is 11.5. The minimum atomic E-state index is -0.931. The molecule has 2 atom stereocenters. The first-order valence-electron chi connectivity index (χ1n) is 5.37. The van der Waals surface area contributed by atoms with Crippen molar-refractivity contribution < 1.29 is 18.9 Å². The van der Waals surface area contributed by atoms with Gasteiger partial charge in [-0.1, -0.05) is 6.92 Å². The quantitative estimate of drug-likeness (QED) is 0.690. The molecule has 2 N–H and O–H groups in total. The summed E-state index contributed by atoms with van der Waals surface area (Å²) in [5, 5.41) is 11.2. The van der Waals surface area contributed by atoms with Crippen molar-refractivity contribution in [1.82, 2.24) is 10.2 Å². The predicted molar refractivity (Wildman–Crippen MR) is 66.4 cm³/mol. The SMILES string of the molecule is CC(CCNC(=O)N(C)CCC(=O)O)S(C)=O. The van der Waals surface area contributed by atoms with Gasteiger partial charge < -0.3 is 15.3 Å². The Bertz CT molecular complexity index is 296. The van der Waals surface area contributed by atoms with Gasteiger partial charge in [-0.3, -0.25) is 9.00 Å². The summed E-state index contributed by atoms with van der Waals surface area (Å²) in [6.45, 7) is 2.48. The van der Waals surface area contributed by atoms with Crippen LogP contribution in [0.15, 0.2) is 0 Å². The second-order valence-corrected chi connectivity index (χ2v) is 5.70. The third-order valence-electron chi connectivity index (χ3n) is 2.40. The third-order valence-corrected chi connectivity index (χ3v) is 3.77. The second-order valence-electron chi connectivity index (χ2n) is 3.90. The molecule has 100 valence electrons. The number of nitrogens with one attached hydrogen (secondary N) is 1. The lowest BCUT2D eigenvalue weighted by Crippen LogP contribution is -2.39. The molecule has 0 aliphatic carbocycles. The molecule has 0 bridgehead atoms. The van der Waals surface area contributed by atoms with E-state index in [1.54, 1.807) is 13.3 Å². The molecular formula is C10H20N2O4S. The van der Waals surface area contributed by atoms with Gasteiger partial charge in [-0.05, 0) is 6.42 Å². The molecule has 2 unspecified atom stereocenters. The van der Waals surface area contributed by atoms with Crippen molar-refractivity contribution in [2.24, 2.45) is 0 Å². The molecule has 6 nitrogen and oxygen atoms in total. The van der Waals surface area contributed by atoms with Crippen LogP contribution in [0.5, 0.6) is 0 Å². The second kappa shape index (κ2) is 8.05. The molecule has 0 aliphatic heterocycles. The first-order chi connectivity index (χ1) is 7.84. The average Bonchev–Trinajstić information content (AvgIpc) is 2.25. The zero-order chi connectivity index (χ0) is 13.4. The van der Waals surface area contributed by atoms with Crippen LogP contribution in [0.3, 0.4) is 0 Å². The summed E-state index contributed by atoms with van der Waals surface area (Å²) in [5.74, 6) is -0.931. The highest BCUT2D eigenvalue weighted by atomic mass is 32.2. The van der Waals surface area contributed by atoms with Crippen LogP contribution in [-0.2, 0) is 15.6 Å². The summed E-state index contributed by atoms with van der Waals surface area (Å²) >= 11 is 0. The van der Waals surface area contributed by atoms with Crippen LogP contribution >= 0.6 is 0 Å². The van der Waals surface area contributed by atoms with Gasteiger partial charge in [0.2, 0.25) is 0 Å². The Morgan fingerprint density at radius 2 is 2.06 bits per heavy atom. The van der Waals surface area contributed by atoms with Crippen LogP contribution in [-0.4, -0.2) is 57.9 Å². The number of nitrogens with zero attached hydrogens (tertiary/aromatic N) is 1. The Kier molecular flexibility index (Phi) is 7.53. The van der Waals surface area contributed by atoms with E-state index in [1.807, 2.05) is 6.92 Å². The lowest BCUT2D eigenvalue weighted by molar-refractivity contribution is -0.137. The number of carboxylic acid groups (broad SMARTS) is 1. The fourth-order valence-electron chi connectivity index (χ4n) is 1.05. The van der Waals surface area contributed by atoms with E-state index in [1.165, 1.54) is 4.90 Å². The highest BCUT2D eigenvalue weighted by Gasteiger charge is 2.11. The van der Waals surface area contributed by atoms with Crippen LogP contribution in [0.2, 0.25) is 0 Å². The molecule has 0 aromatic heterocycles. The summed E-state index contributed by atoms with van der Waals surface area (Å²) in [6.07, 6.45) is 2.20. The zero-order valence-electron chi connectivity index (χ0n) is 10.4. The Labute approximate surface area is 104 Å². The van der Waals surface area contributed by atoms with E-state index in [0.29, 0.717) is 13.0 Å². The van der Waals surface area contributed by atoms with E-state index in [-0.39, 0.29) is 24.2 Å². The van der Waals surface area contributed by atoms with Crippen molar-refractivity contribution in [3.05, 3.63) is 0 Å². The molecule has 2 amide bonds. The normalized spacial score (nSPS) is 13.8. The molecule has 0 aromatic carbocycles. The van der Waals surface area contributed by atoms with Crippen molar-refractivity contribution in [3.63, 3.8) is 0 Å². The van der Waals surface area contributed by atoms with Crippen LogP contribution < -0.4 is 5.32 Å². The van der Waals surface area contributed by atoms with Crippen LogP contribution in [0.4, 0.5) is 4.79 Å². The average molecular weight is 264 g/mol. The number of aliphatic carboxylic acids is 1. The van der Waals surface area contributed by atoms with Crippen molar-refractivity contribution in [3.8, 4) is 0 Å². The molecule has 0 saturated heterocycles. The van der Waals surface area contributed by atoms with E-state index in [2.05, 4.69) is 5.32 Å². The van der Waals surface area contributed by atoms with Gasteiger partial charge in [0.25, 0.3) is 0 Å². The van der Waals surface area contributed by atoms with Gasteiger partial charge in [-0.2, -0.15) is 0 Å². The van der Waals surface area contributed by atoms with Gasteiger partial charge in [0.1, 0.15) is 0 Å². The number of rotatable bonds is 7. The smallest absolute Gasteiger partial charge is 0.317 e. The van der Waals surface area contributed by atoms with Crippen LogP contribution in [0.25, 0.3) is 0 Å². The Balaban J connectivity index is 3.78. The summed E-state index contributed by atoms with van der Waals surface area (Å²) in [6, 6.07) is -0.305. The molecule has 0 saturated carbocycles. The van der Waals surface area contributed by atoms with Gasteiger partial charge in [0.15, 0.2) is 0 Å². The largest absolute Gasteiger partial charge is 0.481 e. The maximum Gasteiger partial charge on any atom is 0.317 e. The first-order valence-corrected chi connectivity index (χ1v) is 6.99. The molecule has 0 aliphatic rings. The number of carbonyl (C=O) groups excluding carboxylic acids is 1. The molecular weight excluding hydrogens is 244 g/mol. The highest BCUT2D eigenvalue weighted by Crippen LogP contribution is 1.97. The van der Waals surface area contributed by atoms with E-state index in [0.717, 1.165) is 0 Å². The van der Waals surface area contributed by atoms with Crippen molar-refractivity contribution >= 4 is 22.8 Å². The third kappa shape index (κ3) is 7.73. The Morgan fingerprint density at radius 1 is 1.47 bits per heavy atom. The summed E-state index contributed by atoms with van der Waals surface area (Å²) in [7, 11) is 0.653. The molecule has 17 heavy (non-hydrogen) atoms. The fourth-order valence-corrected chi connectivity index (χ4v) is 1.50. The summed E-state index contributed by atoms with van der Waals surface area (Å²) in [5.41, 5.74) is 0. The van der Waals surface area contributed by atoms with E-state index < -0.39 is 16.8 Å². The minimum Gasteiger partial charge on any atom is -0.481 e. The van der Waals surface area contributed by atoms with Crippen molar-refractivity contribution in [2.45, 2.75) is 25.0 Å². The number of hydrogen-bond acceptors (Lipinski definition) is 3. The lowest BCUT2D eigenvalue weighted by Gasteiger charge is -2.17. The molecule has 0 radical (unpaired) electrons. The lowest BCUT2D eigenvalue weighted by atomic mass is 10.3. The van der Waals surface area contributed by atoms with Gasteiger partial charge in [0.05, 0.1) is 6.42 Å². The molecule has 7 heteroatoms. The van der Waals surface area contributed by atoms with Gasteiger partial charge in [-0.15, -0.1) is 0 Å². The number of carboxylic acids is 1. The molecule has 0 fully saturated rings. The molecule has 0 heterocycles. The first kappa shape index (κ1) is 15.9. The Morgan fingerprint density at radius 3 is 2.53 bits per heavy atom. The van der Waals surface area contributed by atoms with E-state index >= 15 is 0 Å². The topological polar surface area (TPSA) is 86.7 Å². The van der Waals surface area contributed by atoms with Crippen LogP contribution in [0.1, 0.15) is 19.8 Å². The van der Waals surface area contributed by atoms with E-state index in [9.17, 15) is 13.8 Å². The highest BCUT2D eigenvalue weighted by molar-refractivity contribution is 7.84. The molecule has 0 spiro atoms. The van der Waals surface area contributed by atoms with Gasteiger partial charge in [0, 0.05) is 42.4 Å². The molecule has 0 rings (SSSR count). The number of carbonyl (C=O) groups is 2. The Hall–Kier alpha value is -1.11. The van der Waals surface area contributed by atoms with Gasteiger partial charge in [-0.25, -0.2) is 4.79 Å². The maximum absolute atomic E-state index is 11.5. The fraction of sp³-hybridized carbons (Fsp3) is 0.800. The predicted octanol–water partition coefficient (Wildman–Crippen LogP) is 0.260. The summed E-state index contributed by atoms with van der Waals surface area (Å²) in [4.78, 5) is 23.1. The minimum absolute atomic E-state index is 0.0413. The van der Waals surface area contributed by atoms with E-state index in [4.69, 9.17) is 5.11 Å². The number of hydrogen-bond donors (Lipinski definition) is 2. The standard InChI is InChI=1S/C10H20N2O4S/c1-8(17(3)16)4-6-11-10(15)12(2)7-5-9(13)14/h8H,4-7H2,1-3H3,(H,11,15)(H,13,14). The monoisotopic (exact) mass is 264 g/mol. The van der Waals surface area contributed by atoms with Crippen molar-refractivity contribution in [1.29, 1.82) is 0 Å². The number of urea groups is 1. The molecule has 0 aromatic rings. The summed E-state index contributed by atoms with van der Waals surface area (Å²) < 4.78 is 11.1. The zero-order valence-corrected chi connectivity index (χ0v) is 11.2. The number of amides is 2. The van der Waals surface area contributed by atoms with Crippen LogP contribution in [0, 0.1) is 0 Å². The van der Waals surface area contributed by atoms with Crippen molar-refractivity contribution in [2.75, 3.05) is 26.4 Å². The van der Waals surface area contributed by atoms with Gasteiger partial charge >= 0.3 is 12.0 Å².